The largest absolute Gasteiger partial charge is 0.340 e. The highest BCUT2D eigenvalue weighted by atomic mass is 16.2. The Balaban J connectivity index is 1.67. The van der Waals surface area contributed by atoms with Crippen LogP contribution in [-0.4, -0.2) is 42.1 Å². The highest BCUT2D eigenvalue weighted by Crippen LogP contribution is 2.25. The van der Waals surface area contributed by atoms with Crippen LogP contribution in [0.2, 0.25) is 0 Å². The van der Waals surface area contributed by atoms with Gasteiger partial charge in [-0.3, -0.25) is 4.79 Å². The Labute approximate surface area is 144 Å². The average molecular weight is 325 g/mol. The minimum absolute atomic E-state index is 0.159. The van der Waals surface area contributed by atoms with Gasteiger partial charge in [-0.05, 0) is 56.5 Å². The first kappa shape index (κ1) is 16.8. The van der Waals surface area contributed by atoms with Gasteiger partial charge < -0.3 is 14.8 Å². The van der Waals surface area contributed by atoms with Gasteiger partial charge >= 0.3 is 0 Å². The molecule has 24 heavy (non-hydrogen) atoms. The molecule has 1 aliphatic heterocycles. The topological polar surface area (TPSA) is 37.3 Å². The fourth-order valence-electron chi connectivity index (χ4n) is 3.56. The van der Waals surface area contributed by atoms with Crippen molar-refractivity contribution in [2.75, 3.05) is 26.7 Å². The van der Waals surface area contributed by atoms with E-state index in [2.05, 4.69) is 17.4 Å². The fourth-order valence-corrected chi connectivity index (χ4v) is 3.56. The summed E-state index contributed by atoms with van der Waals surface area (Å²) in [6, 6.07) is 14.2. The molecule has 0 unspecified atom stereocenters. The van der Waals surface area contributed by atoms with Crippen LogP contribution in [-0.2, 0) is 7.05 Å². The Kier molecular flexibility index (Phi) is 5.36. The summed E-state index contributed by atoms with van der Waals surface area (Å²) in [5, 5.41) is 3.22. The lowest BCUT2D eigenvalue weighted by atomic mass is 9.93. The van der Waals surface area contributed by atoms with Crippen molar-refractivity contribution in [3.8, 4) is 11.3 Å². The smallest absolute Gasteiger partial charge is 0.270 e. The third-order valence-electron chi connectivity index (χ3n) is 5.11. The molecule has 3 rings (SSSR count). The summed E-state index contributed by atoms with van der Waals surface area (Å²) in [5.41, 5.74) is 3.01. The van der Waals surface area contributed by atoms with E-state index in [9.17, 15) is 4.79 Å². The Hall–Kier alpha value is -2.07. The van der Waals surface area contributed by atoms with Crippen molar-refractivity contribution in [1.82, 2.24) is 14.8 Å². The predicted molar refractivity (Wildman–Crippen MR) is 98.0 cm³/mol. The second-order valence-electron chi connectivity index (χ2n) is 6.66. The molecule has 0 radical (unpaired) electrons. The van der Waals surface area contributed by atoms with Gasteiger partial charge in [0.2, 0.25) is 0 Å². The third kappa shape index (κ3) is 3.54. The minimum Gasteiger partial charge on any atom is -0.340 e. The van der Waals surface area contributed by atoms with Gasteiger partial charge in [0.1, 0.15) is 5.69 Å². The Morgan fingerprint density at radius 1 is 1.12 bits per heavy atom. The monoisotopic (exact) mass is 325 g/mol. The van der Waals surface area contributed by atoms with Crippen molar-refractivity contribution >= 4 is 5.91 Å². The lowest BCUT2D eigenvalue weighted by molar-refractivity contribution is 0.0677. The van der Waals surface area contributed by atoms with E-state index in [1.165, 1.54) is 6.42 Å². The van der Waals surface area contributed by atoms with E-state index in [-0.39, 0.29) is 5.91 Å². The highest BCUT2D eigenvalue weighted by Gasteiger charge is 2.25. The van der Waals surface area contributed by atoms with E-state index >= 15 is 0 Å². The standard InChI is InChI=1S/C20H27N3O/c1-21-13-10-16-11-14-23(15-12-16)20(24)19-9-8-18(22(19)2)17-6-4-3-5-7-17/h3-9,16,21H,10-15H2,1-2H3. The molecule has 0 spiro atoms. The van der Waals surface area contributed by atoms with Crippen LogP contribution in [0.25, 0.3) is 11.3 Å². The maximum Gasteiger partial charge on any atom is 0.270 e. The first-order valence-corrected chi connectivity index (χ1v) is 8.85. The molecule has 1 N–H and O–H groups in total. The molecule has 1 aromatic carbocycles. The highest BCUT2D eigenvalue weighted by molar-refractivity contribution is 5.94. The molecular weight excluding hydrogens is 298 g/mol. The number of piperidine rings is 1. The summed E-state index contributed by atoms with van der Waals surface area (Å²) in [6.07, 6.45) is 3.44. The molecule has 0 saturated carbocycles. The van der Waals surface area contributed by atoms with E-state index in [0.717, 1.165) is 55.3 Å². The first-order chi connectivity index (χ1) is 11.7. The minimum atomic E-state index is 0.159. The number of likely N-dealkylation sites (tertiary alicyclic amines) is 1. The van der Waals surface area contributed by atoms with Crippen molar-refractivity contribution in [2.24, 2.45) is 13.0 Å². The van der Waals surface area contributed by atoms with Crippen molar-refractivity contribution in [3.63, 3.8) is 0 Å². The maximum absolute atomic E-state index is 12.9. The van der Waals surface area contributed by atoms with Crippen LogP contribution < -0.4 is 5.32 Å². The molecule has 2 heterocycles. The summed E-state index contributed by atoms with van der Waals surface area (Å²) in [4.78, 5) is 14.9. The van der Waals surface area contributed by atoms with Crippen molar-refractivity contribution in [2.45, 2.75) is 19.3 Å². The number of carbonyl (C=O) groups excluding carboxylic acids is 1. The number of carbonyl (C=O) groups is 1. The number of hydrogen-bond acceptors (Lipinski definition) is 2. The quantitative estimate of drug-likeness (QED) is 0.917. The molecule has 0 atom stereocenters. The van der Waals surface area contributed by atoms with Gasteiger partial charge in [-0.15, -0.1) is 0 Å². The van der Waals surface area contributed by atoms with Crippen molar-refractivity contribution < 1.29 is 4.79 Å². The number of nitrogens with zero attached hydrogens (tertiary/aromatic N) is 2. The van der Waals surface area contributed by atoms with Gasteiger partial charge in [0.05, 0.1) is 0 Å². The van der Waals surface area contributed by atoms with Crippen molar-refractivity contribution in [3.05, 3.63) is 48.2 Å². The average Bonchev–Trinajstić information content (AvgIpc) is 3.02. The van der Waals surface area contributed by atoms with E-state index in [0.29, 0.717) is 0 Å². The summed E-state index contributed by atoms with van der Waals surface area (Å²) in [5.74, 6) is 0.904. The molecule has 2 aromatic rings. The number of rotatable bonds is 5. The van der Waals surface area contributed by atoms with Gasteiger partial charge in [0, 0.05) is 25.8 Å². The van der Waals surface area contributed by atoms with E-state index in [1.54, 1.807) is 0 Å². The zero-order valence-corrected chi connectivity index (χ0v) is 14.7. The fraction of sp³-hybridized carbons (Fsp3) is 0.450. The normalized spacial score (nSPS) is 15.7. The molecule has 128 valence electrons. The zero-order chi connectivity index (χ0) is 16.9. The Bertz CT molecular complexity index is 669. The van der Waals surface area contributed by atoms with Gasteiger partial charge in [-0.25, -0.2) is 0 Å². The van der Waals surface area contributed by atoms with Crippen LogP contribution in [0.1, 0.15) is 29.8 Å². The predicted octanol–water partition coefficient (Wildman–Crippen LogP) is 3.15. The van der Waals surface area contributed by atoms with Crippen LogP contribution in [0.15, 0.2) is 42.5 Å². The van der Waals surface area contributed by atoms with Gasteiger partial charge in [-0.2, -0.15) is 0 Å². The van der Waals surface area contributed by atoms with Crippen LogP contribution in [0, 0.1) is 5.92 Å². The van der Waals surface area contributed by atoms with Crippen molar-refractivity contribution in [1.29, 1.82) is 0 Å². The van der Waals surface area contributed by atoms with Crippen LogP contribution in [0.5, 0.6) is 0 Å². The molecular formula is C20H27N3O. The van der Waals surface area contributed by atoms with E-state index in [4.69, 9.17) is 0 Å². The second kappa shape index (κ2) is 7.67. The molecule has 0 bridgehead atoms. The van der Waals surface area contributed by atoms with E-state index in [1.807, 2.05) is 53.9 Å². The molecule has 4 nitrogen and oxygen atoms in total. The second-order valence-corrected chi connectivity index (χ2v) is 6.66. The van der Waals surface area contributed by atoms with Crippen LogP contribution >= 0.6 is 0 Å². The Morgan fingerprint density at radius 2 is 1.83 bits per heavy atom. The van der Waals surface area contributed by atoms with Gasteiger partial charge in [-0.1, -0.05) is 30.3 Å². The van der Waals surface area contributed by atoms with Crippen LogP contribution in [0.4, 0.5) is 0 Å². The number of aromatic nitrogens is 1. The number of amides is 1. The lowest BCUT2D eigenvalue weighted by Gasteiger charge is -2.32. The summed E-state index contributed by atoms with van der Waals surface area (Å²) in [6.45, 7) is 2.81. The van der Waals surface area contributed by atoms with Gasteiger partial charge in [0.25, 0.3) is 5.91 Å². The molecule has 1 aromatic heterocycles. The SMILES string of the molecule is CNCCC1CCN(C(=O)c2ccc(-c3ccccc3)n2C)CC1. The molecule has 1 aliphatic rings. The molecule has 1 amide bonds. The molecule has 0 aliphatic carbocycles. The molecule has 1 saturated heterocycles. The lowest BCUT2D eigenvalue weighted by Crippen LogP contribution is -2.39. The Morgan fingerprint density at radius 3 is 2.50 bits per heavy atom. The third-order valence-corrected chi connectivity index (χ3v) is 5.11. The summed E-state index contributed by atoms with van der Waals surface area (Å²) in [7, 11) is 3.98. The van der Waals surface area contributed by atoms with E-state index < -0.39 is 0 Å². The zero-order valence-electron chi connectivity index (χ0n) is 14.7. The number of benzene rings is 1. The maximum atomic E-state index is 12.9. The first-order valence-electron chi connectivity index (χ1n) is 8.85. The van der Waals surface area contributed by atoms with Crippen LogP contribution in [0.3, 0.4) is 0 Å². The number of hydrogen-bond donors (Lipinski definition) is 1. The van der Waals surface area contributed by atoms with Gasteiger partial charge in [0.15, 0.2) is 0 Å². The summed E-state index contributed by atoms with van der Waals surface area (Å²) < 4.78 is 2.02. The number of nitrogens with one attached hydrogen (secondary N) is 1. The summed E-state index contributed by atoms with van der Waals surface area (Å²) >= 11 is 0. The molecule has 1 fully saturated rings. The molecule has 4 heteroatoms.